The molecular weight excluding hydrogens is 276 g/mol. The minimum atomic E-state index is -0.0943. The average Bonchev–Trinajstić information content (AvgIpc) is 2.93. The van der Waals surface area contributed by atoms with Crippen LogP contribution in [0.4, 0.5) is 5.69 Å². The van der Waals surface area contributed by atoms with E-state index in [0.29, 0.717) is 25.1 Å². The molecule has 6 heteroatoms. The number of nitrogens with zero attached hydrogens (tertiary/aromatic N) is 1. The number of carbonyl (C=O) groups excluding carboxylic acids is 3. The lowest BCUT2D eigenvalue weighted by atomic mass is 10.1. The summed E-state index contributed by atoms with van der Waals surface area (Å²) >= 11 is 1.21. The van der Waals surface area contributed by atoms with Crippen molar-refractivity contribution >= 4 is 34.4 Å². The Labute approximate surface area is 120 Å². The number of thioether (sulfide) groups is 1. The number of nitrogens with one attached hydrogen (secondary N) is 1. The molecule has 104 valence electrons. The third-order valence-electron chi connectivity index (χ3n) is 3.51. The van der Waals surface area contributed by atoms with E-state index in [1.807, 2.05) is 12.1 Å². The summed E-state index contributed by atoms with van der Waals surface area (Å²) in [6.07, 6.45) is 0.369. The van der Waals surface area contributed by atoms with E-state index < -0.39 is 0 Å². The normalized spacial score (nSPS) is 21.1. The first-order valence-electron chi connectivity index (χ1n) is 6.43. The summed E-state index contributed by atoms with van der Waals surface area (Å²) in [5, 5.41) is 2.79. The number of carbonyl (C=O) groups is 3. The van der Waals surface area contributed by atoms with Crippen molar-refractivity contribution in [2.45, 2.75) is 25.1 Å². The highest BCUT2D eigenvalue weighted by molar-refractivity contribution is 8.14. The predicted octanol–water partition coefficient (Wildman–Crippen LogP) is 1.31. The van der Waals surface area contributed by atoms with Crippen molar-refractivity contribution in [1.82, 2.24) is 5.32 Å². The molecule has 5 nitrogen and oxygen atoms in total. The summed E-state index contributed by atoms with van der Waals surface area (Å²) in [5.41, 5.74) is 2.33. The summed E-state index contributed by atoms with van der Waals surface area (Å²) in [5.74, 6) is -0.0924. The zero-order valence-corrected chi connectivity index (χ0v) is 11.8. The van der Waals surface area contributed by atoms with E-state index in [1.165, 1.54) is 18.7 Å². The van der Waals surface area contributed by atoms with Crippen molar-refractivity contribution in [3.05, 3.63) is 29.3 Å². The number of hydrogen-bond acceptors (Lipinski definition) is 4. The van der Waals surface area contributed by atoms with Gasteiger partial charge >= 0.3 is 0 Å². The lowest BCUT2D eigenvalue weighted by molar-refractivity contribution is -0.117. The van der Waals surface area contributed by atoms with Gasteiger partial charge in [-0.05, 0) is 17.7 Å². The molecule has 0 radical (unpaired) electrons. The van der Waals surface area contributed by atoms with Gasteiger partial charge in [0.1, 0.15) is 0 Å². The Balaban J connectivity index is 1.83. The SMILES string of the molecule is CC(=O)SC1CC(=O)N(c2ccc3c(c2)C(=O)NC3)C1. The number of hydrogen-bond donors (Lipinski definition) is 1. The molecule has 1 fully saturated rings. The highest BCUT2D eigenvalue weighted by Crippen LogP contribution is 2.30. The van der Waals surface area contributed by atoms with Gasteiger partial charge in [-0.3, -0.25) is 14.4 Å². The Morgan fingerprint density at radius 3 is 2.95 bits per heavy atom. The third-order valence-corrected chi connectivity index (χ3v) is 4.49. The molecule has 1 N–H and O–H groups in total. The van der Waals surface area contributed by atoms with Crippen molar-refractivity contribution < 1.29 is 14.4 Å². The van der Waals surface area contributed by atoms with E-state index in [0.717, 1.165) is 11.3 Å². The lowest BCUT2D eigenvalue weighted by Gasteiger charge is -2.17. The van der Waals surface area contributed by atoms with E-state index in [4.69, 9.17) is 0 Å². The fourth-order valence-electron chi connectivity index (χ4n) is 2.61. The number of benzene rings is 1. The number of anilines is 1. The van der Waals surface area contributed by atoms with Crippen LogP contribution in [0.25, 0.3) is 0 Å². The van der Waals surface area contributed by atoms with Gasteiger partial charge in [-0.15, -0.1) is 0 Å². The second-order valence-electron chi connectivity index (χ2n) is 4.96. The molecule has 1 saturated heterocycles. The van der Waals surface area contributed by atoms with Crippen molar-refractivity contribution in [2.75, 3.05) is 11.4 Å². The summed E-state index contributed by atoms with van der Waals surface area (Å²) in [6.45, 7) is 2.58. The Hall–Kier alpha value is -1.82. The molecule has 1 unspecified atom stereocenters. The molecule has 2 heterocycles. The zero-order valence-electron chi connectivity index (χ0n) is 11.0. The predicted molar refractivity (Wildman–Crippen MR) is 76.6 cm³/mol. The van der Waals surface area contributed by atoms with Gasteiger partial charge in [-0.25, -0.2) is 0 Å². The molecule has 1 aromatic rings. The van der Waals surface area contributed by atoms with E-state index in [2.05, 4.69) is 5.32 Å². The van der Waals surface area contributed by atoms with Gasteiger partial charge in [-0.2, -0.15) is 0 Å². The highest BCUT2D eigenvalue weighted by Gasteiger charge is 2.32. The van der Waals surface area contributed by atoms with E-state index in [9.17, 15) is 14.4 Å². The Bertz CT molecular complexity index is 614. The Morgan fingerprint density at radius 2 is 2.20 bits per heavy atom. The van der Waals surface area contributed by atoms with E-state index >= 15 is 0 Å². The standard InChI is InChI=1S/C14H14N2O3S/c1-8(17)20-11-5-13(18)16(7-11)10-3-2-9-6-15-14(19)12(9)4-10/h2-4,11H,5-7H2,1H3,(H,15,19). The van der Waals surface area contributed by atoms with Gasteiger partial charge in [0.25, 0.3) is 5.91 Å². The largest absolute Gasteiger partial charge is 0.348 e. The fourth-order valence-corrected chi connectivity index (χ4v) is 3.53. The van der Waals surface area contributed by atoms with Crippen LogP contribution >= 0.6 is 11.8 Å². The summed E-state index contributed by atoms with van der Waals surface area (Å²) in [7, 11) is 0. The molecular formula is C14H14N2O3S. The summed E-state index contributed by atoms with van der Waals surface area (Å²) < 4.78 is 0. The van der Waals surface area contributed by atoms with Crippen molar-refractivity contribution in [3.8, 4) is 0 Å². The molecule has 0 spiro atoms. The Kier molecular flexibility index (Phi) is 3.25. The molecule has 3 rings (SSSR count). The molecule has 1 aromatic carbocycles. The molecule has 2 amide bonds. The minimum Gasteiger partial charge on any atom is -0.348 e. The van der Waals surface area contributed by atoms with Crippen LogP contribution in [0, 0.1) is 0 Å². The van der Waals surface area contributed by atoms with Crippen LogP contribution in [0.1, 0.15) is 29.3 Å². The van der Waals surface area contributed by atoms with Gasteiger partial charge < -0.3 is 10.2 Å². The van der Waals surface area contributed by atoms with Crippen LogP contribution in [0.2, 0.25) is 0 Å². The quantitative estimate of drug-likeness (QED) is 0.892. The van der Waals surface area contributed by atoms with Crippen molar-refractivity contribution in [2.24, 2.45) is 0 Å². The third kappa shape index (κ3) is 2.31. The van der Waals surface area contributed by atoms with Gasteiger partial charge in [-0.1, -0.05) is 17.8 Å². The van der Waals surface area contributed by atoms with E-state index in [1.54, 1.807) is 11.0 Å². The second-order valence-corrected chi connectivity index (χ2v) is 6.44. The summed E-state index contributed by atoms with van der Waals surface area (Å²) in [6, 6.07) is 5.50. The van der Waals surface area contributed by atoms with E-state index in [-0.39, 0.29) is 22.2 Å². The zero-order chi connectivity index (χ0) is 14.3. The number of rotatable bonds is 2. The van der Waals surface area contributed by atoms with Crippen LogP contribution < -0.4 is 10.2 Å². The van der Waals surface area contributed by atoms with Gasteiger partial charge in [0, 0.05) is 42.9 Å². The molecule has 0 bridgehead atoms. The first-order valence-corrected chi connectivity index (χ1v) is 7.31. The molecule has 0 aliphatic carbocycles. The molecule has 0 aromatic heterocycles. The minimum absolute atomic E-state index is 0.00193. The molecule has 0 saturated carbocycles. The first kappa shape index (κ1) is 13.2. The monoisotopic (exact) mass is 290 g/mol. The molecule has 2 aliphatic heterocycles. The lowest BCUT2D eigenvalue weighted by Crippen LogP contribution is -2.25. The van der Waals surface area contributed by atoms with Crippen molar-refractivity contribution in [1.29, 1.82) is 0 Å². The van der Waals surface area contributed by atoms with Crippen LogP contribution in [0.5, 0.6) is 0 Å². The molecule has 2 aliphatic rings. The average molecular weight is 290 g/mol. The van der Waals surface area contributed by atoms with Crippen LogP contribution in [0.15, 0.2) is 18.2 Å². The molecule has 20 heavy (non-hydrogen) atoms. The maximum atomic E-state index is 12.0. The Morgan fingerprint density at radius 1 is 1.40 bits per heavy atom. The van der Waals surface area contributed by atoms with Crippen LogP contribution in [-0.2, 0) is 16.1 Å². The summed E-state index contributed by atoms with van der Waals surface area (Å²) in [4.78, 5) is 36.5. The van der Waals surface area contributed by atoms with Gasteiger partial charge in [0.15, 0.2) is 5.12 Å². The fraction of sp³-hybridized carbons (Fsp3) is 0.357. The highest BCUT2D eigenvalue weighted by atomic mass is 32.2. The first-order chi connectivity index (χ1) is 9.54. The van der Waals surface area contributed by atoms with Gasteiger partial charge in [0.2, 0.25) is 5.91 Å². The smallest absolute Gasteiger partial charge is 0.251 e. The maximum Gasteiger partial charge on any atom is 0.251 e. The second kappa shape index (κ2) is 4.94. The number of amides is 2. The maximum absolute atomic E-state index is 12.0. The number of fused-ring (bicyclic) bond motifs is 1. The van der Waals surface area contributed by atoms with Crippen molar-refractivity contribution in [3.63, 3.8) is 0 Å². The molecule has 1 atom stereocenters. The van der Waals surface area contributed by atoms with Gasteiger partial charge in [0.05, 0.1) is 0 Å². The van der Waals surface area contributed by atoms with Crippen LogP contribution in [-0.4, -0.2) is 28.7 Å². The van der Waals surface area contributed by atoms with Crippen LogP contribution in [0.3, 0.4) is 0 Å². The topological polar surface area (TPSA) is 66.5 Å².